The van der Waals surface area contributed by atoms with Crippen molar-refractivity contribution in [3.05, 3.63) is 145 Å². The summed E-state index contributed by atoms with van der Waals surface area (Å²) in [7, 11) is 2.18. The van der Waals surface area contributed by atoms with Crippen molar-refractivity contribution in [1.82, 2.24) is 0 Å². The van der Waals surface area contributed by atoms with Crippen LogP contribution in [0.15, 0.2) is 140 Å². The molecule has 1 unspecified atom stereocenters. The molecular weight excluding hydrogens is 490 g/mol. The molecule has 1 aromatic heterocycles. The molecule has 0 bridgehead atoms. The van der Waals surface area contributed by atoms with Gasteiger partial charge in [0, 0.05) is 50.1 Å². The summed E-state index contributed by atoms with van der Waals surface area (Å²) in [5.41, 5.74) is 8.85. The van der Waals surface area contributed by atoms with Crippen LogP contribution in [0.2, 0.25) is 0 Å². The van der Waals surface area contributed by atoms with E-state index in [4.69, 9.17) is 0 Å². The van der Waals surface area contributed by atoms with Gasteiger partial charge in [-0.05, 0) is 52.9 Å². The third kappa shape index (κ3) is 4.27. The summed E-state index contributed by atoms with van der Waals surface area (Å²) in [6.07, 6.45) is 9.96. The fourth-order valence-corrected chi connectivity index (χ4v) is 7.02. The highest BCUT2D eigenvalue weighted by Crippen LogP contribution is 2.43. The molecule has 0 saturated carbocycles. The molecule has 0 saturated heterocycles. The van der Waals surface area contributed by atoms with Crippen molar-refractivity contribution >= 4 is 42.9 Å². The molecule has 0 radical (unpaired) electrons. The van der Waals surface area contributed by atoms with E-state index in [2.05, 4.69) is 152 Å². The van der Waals surface area contributed by atoms with Crippen LogP contribution in [0.1, 0.15) is 17.9 Å². The highest BCUT2D eigenvalue weighted by atomic mass is 32.1. The molecule has 1 nitrogen and oxygen atoms in total. The van der Waals surface area contributed by atoms with E-state index in [1.807, 2.05) is 11.3 Å². The maximum Gasteiger partial charge on any atom is 0.0487 e. The van der Waals surface area contributed by atoms with Gasteiger partial charge in [-0.3, -0.25) is 0 Å². The van der Waals surface area contributed by atoms with Crippen LogP contribution in [0.25, 0.3) is 42.4 Å². The molecule has 1 aliphatic rings. The van der Waals surface area contributed by atoms with E-state index in [0.717, 1.165) is 6.42 Å². The molecule has 1 atom stereocenters. The van der Waals surface area contributed by atoms with Gasteiger partial charge in [0.05, 0.1) is 0 Å². The topological polar surface area (TPSA) is 3.24 Å². The summed E-state index contributed by atoms with van der Waals surface area (Å²) in [5.74, 6) is 0.394. The predicted octanol–water partition coefficient (Wildman–Crippen LogP) is 10.8. The molecule has 1 heterocycles. The first kappa shape index (κ1) is 23.7. The Labute approximate surface area is 234 Å². The maximum absolute atomic E-state index is 2.33. The summed E-state index contributed by atoms with van der Waals surface area (Å²) in [5, 5.41) is 2.66. The first-order valence-corrected chi connectivity index (χ1v) is 14.4. The normalized spacial score (nSPS) is 14.7. The molecule has 1 aliphatic carbocycles. The second-order valence-corrected chi connectivity index (χ2v) is 11.2. The molecule has 39 heavy (non-hydrogen) atoms. The smallest absolute Gasteiger partial charge is 0.0487 e. The molecular formula is C37H29NS. The third-order valence-electron chi connectivity index (χ3n) is 7.86. The maximum atomic E-state index is 2.33. The van der Waals surface area contributed by atoms with Gasteiger partial charge in [0.25, 0.3) is 0 Å². The Morgan fingerprint density at radius 1 is 0.615 bits per heavy atom. The van der Waals surface area contributed by atoms with Crippen LogP contribution in [0.3, 0.4) is 0 Å². The Hall–Kier alpha value is -4.40. The lowest BCUT2D eigenvalue weighted by Crippen LogP contribution is -2.10. The van der Waals surface area contributed by atoms with Gasteiger partial charge in [0.2, 0.25) is 0 Å². The van der Waals surface area contributed by atoms with Crippen LogP contribution in [-0.2, 0) is 0 Å². The van der Waals surface area contributed by atoms with Gasteiger partial charge < -0.3 is 4.90 Å². The standard InChI is InChI=1S/C37H29NS/c1-38(27-23-24-34-33-20-10-12-22-36(33)39-37(34)25-27)35-21-11-9-19-32(35)31-18-8-7-17-30(31)29-16-6-5-15-28(29)26-13-3-2-4-14-26/h2-13,15-26H,14H2,1H3. The van der Waals surface area contributed by atoms with Crippen molar-refractivity contribution in [3.8, 4) is 22.3 Å². The number of hydrogen-bond acceptors (Lipinski definition) is 2. The van der Waals surface area contributed by atoms with E-state index >= 15 is 0 Å². The molecule has 188 valence electrons. The molecule has 7 rings (SSSR count). The van der Waals surface area contributed by atoms with Gasteiger partial charge in [-0.2, -0.15) is 0 Å². The molecule has 0 aliphatic heterocycles. The van der Waals surface area contributed by atoms with Crippen molar-refractivity contribution in [2.24, 2.45) is 0 Å². The van der Waals surface area contributed by atoms with Crippen LogP contribution in [0.4, 0.5) is 11.4 Å². The number of allylic oxidation sites excluding steroid dienone is 4. The van der Waals surface area contributed by atoms with Crippen LogP contribution in [-0.4, -0.2) is 7.05 Å². The number of anilines is 2. The minimum Gasteiger partial charge on any atom is -0.344 e. The number of para-hydroxylation sites is 1. The minimum atomic E-state index is 0.394. The van der Waals surface area contributed by atoms with E-state index in [1.165, 1.54) is 59.4 Å². The third-order valence-corrected chi connectivity index (χ3v) is 9.00. The average Bonchev–Trinajstić information content (AvgIpc) is 3.39. The van der Waals surface area contributed by atoms with E-state index in [1.54, 1.807) is 0 Å². The fourth-order valence-electron chi connectivity index (χ4n) is 5.89. The van der Waals surface area contributed by atoms with E-state index in [0.29, 0.717) is 5.92 Å². The first-order chi connectivity index (χ1) is 19.3. The van der Waals surface area contributed by atoms with Gasteiger partial charge in [0.1, 0.15) is 0 Å². The Kier molecular flexibility index (Phi) is 6.11. The largest absolute Gasteiger partial charge is 0.344 e. The van der Waals surface area contributed by atoms with Gasteiger partial charge in [0.15, 0.2) is 0 Å². The Balaban J connectivity index is 1.33. The van der Waals surface area contributed by atoms with Crippen LogP contribution in [0, 0.1) is 0 Å². The first-order valence-electron chi connectivity index (χ1n) is 13.5. The Morgan fingerprint density at radius 2 is 1.28 bits per heavy atom. The highest BCUT2D eigenvalue weighted by Gasteiger charge is 2.19. The van der Waals surface area contributed by atoms with Gasteiger partial charge in [-0.25, -0.2) is 0 Å². The van der Waals surface area contributed by atoms with Crippen LogP contribution < -0.4 is 4.90 Å². The van der Waals surface area contributed by atoms with Gasteiger partial charge >= 0.3 is 0 Å². The number of thiophene rings is 1. The second kappa shape index (κ2) is 10.1. The average molecular weight is 520 g/mol. The number of hydrogen-bond donors (Lipinski definition) is 0. The predicted molar refractivity (Wildman–Crippen MR) is 170 cm³/mol. The Bertz CT molecular complexity index is 1870. The molecule has 0 amide bonds. The zero-order valence-electron chi connectivity index (χ0n) is 21.9. The lowest BCUT2D eigenvalue weighted by atomic mass is 9.84. The zero-order valence-corrected chi connectivity index (χ0v) is 22.7. The zero-order chi connectivity index (χ0) is 26.2. The summed E-state index contributed by atoms with van der Waals surface area (Å²) in [6, 6.07) is 42.1. The van der Waals surface area contributed by atoms with Crippen molar-refractivity contribution in [3.63, 3.8) is 0 Å². The number of fused-ring (bicyclic) bond motifs is 3. The molecule has 0 fully saturated rings. The lowest BCUT2D eigenvalue weighted by molar-refractivity contribution is 0.856. The van der Waals surface area contributed by atoms with Crippen molar-refractivity contribution in [2.75, 3.05) is 11.9 Å². The van der Waals surface area contributed by atoms with Crippen LogP contribution in [0.5, 0.6) is 0 Å². The monoisotopic (exact) mass is 519 g/mol. The van der Waals surface area contributed by atoms with E-state index in [9.17, 15) is 0 Å². The highest BCUT2D eigenvalue weighted by molar-refractivity contribution is 7.25. The van der Waals surface area contributed by atoms with Gasteiger partial charge in [-0.15, -0.1) is 11.3 Å². The number of rotatable bonds is 5. The van der Waals surface area contributed by atoms with E-state index < -0.39 is 0 Å². The summed E-state index contributed by atoms with van der Waals surface area (Å²) < 4.78 is 2.66. The lowest BCUT2D eigenvalue weighted by Gasteiger charge is -2.25. The Morgan fingerprint density at radius 3 is 2.10 bits per heavy atom. The summed E-state index contributed by atoms with van der Waals surface area (Å²) in [6.45, 7) is 0. The van der Waals surface area contributed by atoms with Crippen molar-refractivity contribution < 1.29 is 0 Å². The molecule has 0 N–H and O–H groups in total. The van der Waals surface area contributed by atoms with Crippen molar-refractivity contribution in [1.29, 1.82) is 0 Å². The van der Waals surface area contributed by atoms with E-state index in [-0.39, 0.29) is 0 Å². The van der Waals surface area contributed by atoms with Gasteiger partial charge in [-0.1, -0.05) is 115 Å². The number of benzene rings is 5. The molecule has 5 aromatic carbocycles. The SMILES string of the molecule is CN(c1ccc2c(c1)sc1ccccc12)c1ccccc1-c1ccccc1-c1ccccc1C1C=CC=CC1. The fraction of sp³-hybridized carbons (Fsp3) is 0.0811. The number of nitrogens with zero attached hydrogens (tertiary/aromatic N) is 1. The molecule has 2 heteroatoms. The molecule has 6 aromatic rings. The second-order valence-electron chi connectivity index (χ2n) is 10.1. The summed E-state index contributed by atoms with van der Waals surface area (Å²) >= 11 is 1.87. The minimum absolute atomic E-state index is 0.394. The summed E-state index contributed by atoms with van der Waals surface area (Å²) in [4.78, 5) is 2.33. The molecule has 0 spiro atoms. The van der Waals surface area contributed by atoms with Crippen LogP contribution >= 0.6 is 11.3 Å². The quantitative estimate of drug-likeness (QED) is 0.219. The van der Waals surface area contributed by atoms with Crippen molar-refractivity contribution in [2.45, 2.75) is 12.3 Å².